The van der Waals surface area contributed by atoms with Crippen LogP contribution in [-0.4, -0.2) is 18.1 Å². The maximum atomic E-state index is 6.06. The van der Waals surface area contributed by atoms with Gasteiger partial charge in [-0.1, -0.05) is 24.3 Å². The second-order valence-corrected chi connectivity index (χ2v) is 7.10. The van der Waals surface area contributed by atoms with E-state index in [1.54, 1.807) is 11.3 Å². The summed E-state index contributed by atoms with van der Waals surface area (Å²) in [7, 11) is 0. The van der Waals surface area contributed by atoms with Crippen LogP contribution in [0.3, 0.4) is 0 Å². The highest BCUT2D eigenvalue weighted by molar-refractivity contribution is 7.19. The molecule has 0 saturated carbocycles. The van der Waals surface area contributed by atoms with Gasteiger partial charge in [0.15, 0.2) is 10.9 Å². The predicted molar refractivity (Wildman–Crippen MR) is 97.2 cm³/mol. The maximum Gasteiger partial charge on any atom is 0.182 e. The van der Waals surface area contributed by atoms with Crippen LogP contribution in [0, 0.1) is 0 Å². The molecule has 4 rings (SSSR count). The Morgan fingerprint density at radius 2 is 2.04 bits per heavy atom. The molecule has 0 spiro atoms. The van der Waals surface area contributed by atoms with Gasteiger partial charge in [-0.3, -0.25) is 0 Å². The SMILES string of the molecule is CCc1ccc2oc(-c3nc(N)sc3N3CCCCC3)cc2c1. The fourth-order valence-electron chi connectivity index (χ4n) is 3.23. The molecule has 1 aromatic carbocycles. The number of aryl methyl sites for hydroxylation is 1. The van der Waals surface area contributed by atoms with E-state index in [4.69, 9.17) is 10.2 Å². The van der Waals surface area contributed by atoms with Gasteiger partial charge in [0, 0.05) is 18.5 Å². The van der Waals surface area contributed by atoms with Crippen molar-refractivity contribution in [2.24, 2.45) is 0 Å². The number of nitrogens with zero attached hydrogens (tertiary/aromatic N) is 2. The number of piperidine rings is 1. The first-order valence-electron chi connectivity index (χ1n) is 8.28. The summed E-state index contributed by atoms with van der Waals surface area (Å²) in [4.78, 5) is 6.96. The Labute approximate surface area is 139 Å². The van der Waals surface area contributed by atoms with Crippen LogP contribution in [0.25, 0.3) is 22.4 Å². The van der Waals surface area contributed by atoms with E-state index in [0.717, 1.165) is 46.9 Å². The molecular formula is C18H21N3OS. The van der Waals surface area contributed by atoms with Crippen molar-refractivity contribution in [1.82, 2.24) is 4.98 Å². The fourth-order valence-corrected chi connectivity index (χ4v) is 4.12. The van der Waals surface area contributed by atoms with Crippen molar-refractivity contribution in [2.75, 3.05) is 23.7 Å². The van der Waals surface area contributed by atoms with Crippen LogP contribution in [0.5, 0.6) is 0 Å². The molecule has 0 aliphatic carbocycles. The Bertz CT molecular complexity index is 830. The summed E-state index contributed by atoms with van der Waals surface area (Å²) in [6.07, 6.45) is 4.80. The van der Waals surface area contributed by atoms with Crippen LogP contribution < -0.4 is 10.6 Å². The van der Waals surface area contributed by atoms with Gasteiger partial charge in [-0.15, -0.1) is 0 Å². The molecule has 0 atom stereocenters. The van der Waals surface area contributed by atoms with E-state index in [9.17, 15) is 0 Å². The van der Waals surface area contributed by atoms with Crippen molar-refractivity contribution >= 4 is 32.4 Å². The number of benzene rings is 1. The summed E-state index contributed by atoms with van der Waals surface area (Å²) in [6.45, 7) is 4.32. The number of hydrogen-bond acceptors (Lipinski definition) is 5. The molecule has 23 heavy (non-hydrogen) atoms. The monoisotopic (exact) mass is 327 g/mol. The van der Waals surface area contributed by atoms with E-state index in [2.05, 4.69) is 35.0 Å². The highest BCUT2D eigenvalue weighted by Crippen LogP contribution is 2.40. The van der Waals surface area contributed by atoms with E-state index in [-0.39, 0.29) is 0 Å². The Hall–Kier alpha value is -2.01. The number of nitrogen functional groups attached to an aromatic ring is 1. The third-order valence-corrected chi connectivity index (χ3v) is 5.44. The number of thiazole rings is 1. The van der Waals surface area contributed by atoms with Crippen LogP contribution in [0.1, 0.15) is 31.7 Å². The minimum absolute atomic E-state index is 0.607. The maximum absolute atomic E-state index is 6.06. The zero-order chi connectivity index (χ0) is 15.8. The van der Waals surface area contributed by atoms with Crippen LogP contribution >= 0.6 is 11.3 Å². The average molecular weight is 327 g/mol. The molecule has 1 aliphatic rings. The molecule has 0 bridgehead atoms. The highest BCUT2D eigenvalue weighted by Gasteiger charge is 2.22. The van der Waals surface area contributed by atoms with Crippen molar-refractivity contribution < 1.29 is 4.42 Å². The average Bonchev–Trinajstić information content (AvgIpc) is 3.18. The Balaban J connectivity index is 1.77. The van der Waals surface area contributed by atoms with Crippen LogP contribution in [0.2, 0.25) is 0 Å². The number of anilines is 2. The highest BCUT2D eigenvalue weighted by atomic mass is 32.1. The van der Waals surface area contributed by atoms with Crippen LogP contribution in [-0.2, 0) is 6.42 Å². The molecule has 120 valence electrons. The number of hydrogen-bond donors (Lipinski definition) is 1. The van der Waals surface area contributed by atoms with E-state index in [0.29, 0.717) is 5.13 Å². The zero-order valence-electron chi connectivity index (χ0n) is 13.3. The van der Waals surface area contributed by atoms with Gasteiger partial charge in [-0.2, -0.15) is 0 Å². The van der Waals surface area contributed by atoms with Gasteiger partial charge in [0.2, 0.25) is 0 Å². The third kappa shape index (κ3) is 2.70. The van der Waals surface area contributed by atoms with Crippen molar-refractivity contribution in [1.29, 1.82) is 0 Å². The third-order valence-electron chi connectivity index (χ3n) is 4.49. The van der Waals surface area contributed by atoms with Crippen molar-refractivity contribution in [3.8, 4) is 11.5 Å². The van der Waals surface area contributed by atoms with Crippen molar-refractivity contribution in [2.45, 2.75) is 32.6 Å². The number of furan rings is 1. The quantitative estimate of drug-likeness (QED) is 0.758. The van der Waals surface area contributed by atoms with Gasteiger partial charge in [0.25, 0.3) is 0 Å². The van der Waals surface area contributed by atoms with Crippen LogP contribution in [0.4, 0.5) is 10.1 Å². The Morgan fingerprint density at radius 3 is 2.83 bits per heavy atom. The lowest BCUT2D eigenvalue weighted by molar-refractivity contribution is 0.579. The minimum atomic E-state index is 0.607. The molecule has 1 saturated heterocycles. The summed E-state index contributed by atoms with van der Waals surface area (Å²) in [6, 6.07) is 8.46. The second kappa shape index (κ2) is 5.89. The summed E-state index contributed by atoms with van der Waals surface area (Å²) in [5, 5.41) is 2.89. The Kier molecular flexibility index (Phi) is 3.73. The largest absolute Gasteiger partial charge is 0.454 e. The van der Waals surface area contributed by atoms with Gasteiger partial charge < -0.3 is 15.1 Å². The molecule has 2 aromatic heterocycles. The zero-order valence-corrected chi connectivity index (χ0v) is 14.2. The van der Waals surface area contributed by atoms with E-state index in [1.807, 2.05) is 6.07 Å². The van der Waals surface area contributed by atoms with E-state index >= 15 is 0 Å². The van der Waals surface area contributed by atoms with E-state index in [1.165, 1.54) is 24.8 Å². The van der Waals surface area contributed by atoms with Gasteiger partial charge in [-0.25, -0.2) is 4.98 Å². The second-order valence-electron chi connectivity index (χ2n) is 6.09. The summed E-state index contributed by atoms with van der Waals surface area (Å²) >= 11 is 1.57. The summed E-state index contributed by atoms with van der Waals surface area (Å²) in [5.74, 6) is 0.821. The summed E-state index contributed by atoms with van der Waals surface area (Å²) in [5.41, 5.74) is 9.12. The van der Waals surface area contributed by atoms with E-state index < -0.39 is 0 Å². The number of aromatic nitrogens is 1. The number of fused-ring (bicyclic) bond motifs is 1. The molecule has 0 amide bonds. The first kappa shape index (κ1) is 14.6. The predicted octanol–water partition coefficient (Wildman–Crippen LogP) is 4.69. The molecule has 0 unspecified atom stereocenters. The fraction of sp³-hybridized carbons (Fsp3) is 0.389. The van der Waals surface area contributed by atoms with Gasteiger partial charge >= 0.3 is 0 Å². The normalized spacial score (nSPS) is 15.4. The molecule has 0 radical (unpaired) electrons. The first-order chi connectivity index (χ1) is 11.2. The lowest BCUT2D eigenvalue weighted by Gasteiger charge is -2.27. The van der Waals surface area contributed by atoms with Gasteiger partial charge in [0.05, 0.1) is 0 Å². The Morgan fingerprint density at radius 1 is 1.22 bits per heavy atom. The number of nitrogens with two attached hydrogens (primary N) is 1. The molecular weight excluding hydrogens is 306 g/mol. The topological polar surface area (TPSA) is 55.3 Å². The van der Waals surface area contributed by atoms with Gasteiger partial charge in [0.1, 0.15) is 16.3 Å². The molecule has 3 aromatic rings. The standard InChI is InChI=1S/C18H21N3OS/c1-2-12-6-7-14-13(10-12)11-15(22-14)16-17(23-18(19)20-16)21-8-4-3-5-9-21/h6-7,10-11H,2-5,8-9H2,1H3,(H2,19,20). The molecule has 1 aliphatic heterocycles. The molecule has 2 N–H and O–H groups in total. The number of rotatable bonds is 3. The molecule has 4 nitrogen and oxygen atoms in total. The lowest BCUT2D eigenvalue weighted by Crippen LogP contribution is -2.28. The lowest BCUT2D eigenvalue weighted by atomic mass is 10.1. The molecule has 3 heterocycles. The smallest absolute Gasteiger partial charge is 0.182 e. The van der Waals surface area contributed by atoms with Crippen LogP contribution in [0.15, 0.2) is 28.7 Å². The van der Waals surface area contributed by atoms with Crippen molar-refractivity contribution in [3.05, 3.63) is 29.8 Å². The van der Waals surface area contributed by atoms with Gasteiger partial charge in [-0.05, 0) is 49.4 Å². The van der Waals surface area contributed by atoms with Crippen molar-refractivity contribution in [3.63, 3.8) is 0 Å². The minimum Gasteiger partial charge on any atom is -0.454 e. The first-order valence-corrected chi connectivity index (χ1v) is 9.10. The molecule has 5 heteroatoms. The summed E-state index contributed by atoms with van der Waals surface area (Å²) < 4.78 is 6.06. The molecule has 1 fully saturated rings.